The predicted molar refractivity (Wildman–Crippen MR) is 112 cm³/mol. The monoisotopic (exact) mass is 518 g/mol. The predicted octanol–water partition coefficient (Wildman–Crippen LogP) is 3.32. The summed E-state index contributed by atoms with van der Waals surface area (Å²) in [6.07, 6.45) is -3.91. The molecule has 0 saturated carbocycles. The second-order valence-electron chi connectivity index (χ2n) is 6.48. The highest BCUT2D eigenvalue weighted by molar-refractivity contribution is 14.0. The number of nitrogens with zero attached hydrogens (tertiary/aromatic N) is 2. The lowest BCUT2D eigenvalue weighted by molar-refractivity contribution is -0.143. The molecule has 1 aliphatic rings. The fourth-order valence-corrected chi connectivity index (χ4v) is 3.03. The SMILES string of the molecule is CCNC(=NCC(OC)c1ccc(F)cc1)NC1CCN(CC(F)(F)F)C1.I. The first-order chi connectivity index (χ1) is 12.8. The van der Waals surface area contributed by atoms with Crippen LogP contribution in [-0.4, -0.2) is 62.9 Å². The largest absolute Gasteiger partial charge is 0.401 e. The van der Waals surface area contributed by atoms with Gasteiger partial charge in [0.25, 0.3) is 0 Å². The quantitative estimate of drug-likeness (QED) is 0.252. The van der Waals surface area contributed by atoms with Gasteiger partial charge in [-0.1, -0.05) is 12.1 Å². The van der Waals surface area contributed by atoms with Crippen LogP contribution in [0.2, 0.25) is 0 Å². The molecule has 0 radical (unpaired) electrons. The molecule has 10 heteroatoms. The number of benzene rings is 1. The average Bonchev–Trinajstić information content (AvgIpc) is 3.02. The van der Waals surface area contributed by atoms with Crippen LogP contribution in [0, 0.1) is 5.82 Å². The summed E-state index contributed by atoms with van der Waals surface area (Å²) in [5, 5.41) is 6.28. The Kier molecular flexibility index (Phi) is 10.5. The lowest BCUT2D eigenvalue weighted by Gasteiger charge is -2.20. The summed E-state index contributed by atoms with van der Waals surface area (Å²) < 4.78 is 56.0. The van der Waals surface area contributed by atoms with Gasteiger partial charge in [-0.05, 0) is 31.0 Å². The van der Waals surface area contributed by atoms with Crippen molar-refractivity contribution in [3.05, 3.63) is 35.6 Å². The molecule has 0 spiro atoms. The number of hydrogen-bond donors (Lipinski definition) is 2. The van der Waals surface area contributed by atoms with Crippen molar-refractivity contribution in [2.45, 2.75) is 31.7 Å². The third-order valence-electron chi connectivity index (χ3n) is 4.30. The van der Waals surface area contributed by atoms with Gasteiger partial charge < -0.3 is 15.4 Å². The van der Waals surface area contributed by atoms with Crippen molar-refractivity contribution in [1.82, 2.24) is 15.5 Å². The van der Waals surface area contributed by atoms with E-state index < -0.39 is 12.7 Å². The number of ether oxygens (including phenoxy) is 1. The van der Waals surface area contributed by atoms with E-state index in [0.717, 1.165) is 5.56 Å². The van der Waals surface area contributed by atoms with Gasteiger partial charge >= 0.3 is 6.18 Å². The Morgan fingerprint density at radius 2 is 2.00 bits per heavy atom. The fraction of sp³-hybridized carbons (Fsp3) is 0.611. The number of aliphatic imine (C=N–C) groups is 1. The van der Waals surface area contributed by atoms with Gasteiger partial charge in [0.15, 0.2) is 5.96 Å². The summed E-state index contributed by atoms with van der Waals surface area (Å²) in [7, 11) is 1.55. The second-order valence-corrected chi connectivity index (χ2v) is 6.48. The Hall–Kier alpha value is -1.14. The molecule has 1 aliphatic heterocycles. The van der Waals surface area contributed by atoms with Crippen LogP contribution in [0.15, 0.2) is 29.3 Å². The average molecular weight is 518 g/mol. The Bertz CT molecular complexity index is 613. The number of halogens is 5. The Balaban J connectivity index is 0.00000392. The molecular formula is C18H27F4IN4O. The molecule has 2 unspecified atom stereocenters. The number of methoxy groups -OCH3 is 1. The van der Waals surface area contributed by atoms with Crippen molar-refractivity contribution in [3.63, 3.8) is 0 Å². The van der Waals surface area contributed by atoms with E-state index in [2.05, 4.69) is 15.6 Å². The maximum absolute atomic E-state index is 13.1. The van der Waals surface area contributed by atoms with Crippen LogP contribution in [0.4, 0.5) is 17.6 Å². The van der Waals surface area contributed by atoms with Crippen molar-refractivity contribution in [2.24, 2.45) is 4.99 Å². The number of hydrogen-bond acceptors (Lipinski definition) is 3. The van der Waals surface area contributed by atoms with Gasteiger partial charge in [-0.3, -0.25) is 9.89 Å². The Morgan fingerprint density at radius 1 is 1.32 bits per heavy atom. The van der Waals surface area contributed by atoms with Crippen LogP contribution >= 0.6 is 24.0 Å². The van der Waals surface area contributed by atoms with Gasteiger partial charge in [-0.2, -0.15) is 13.2 Å². The van der Waals surface area contributed by atoms with Crippen molar-refractivity contribution < 1.29 is 22.3 Å². The van der Waals surface area contributed by atoms with Crippen LogP contribution in [0.5, 0.6) is 0 Å². The number of guanidine groups is 1. The first-order valence-electron chi connectivity index (χ1n) is 8.93. The molecule has 2 rings (SSSR count). The van der Waals surface area contributed by atoms with Crippen LogP contribution in [0.3, 0.4) is 0 Å². The number of likely N-dealkylation sites (tertiary alicyclic amines) is 1. The molecule has 2 atom stereocenters. The van der Waals surface area contributed by atoms with Gasteiger partial charge in [0.05, 0.1) is 13.1 Å². The zero-order valence-corrected chi connectivity index (χ0v) is 18.3. The molecule has 1 saturated heterocycles. The Morgan fingerprint density at radius 3 is 2.57 bits per heavy atom. The topological polar surface area (TPSA) is 48.9 Å². The molecule has 0 bridgehead atoms. The summed E-state index contributed by atoms with van der Waals surface area (Å²) in [4.78, 5) is 5.87. The third-order valence-corrected chi connectivity index (χ3v) is 4.30. The van der Waals surface area contributed by atoms with Gasteiger partial charge in [-0.15, -0.1) is 24.0 Å². The molecule has 0 aliphatic carbocycles. The summed E-state index contributed by atoms with van der Waals surface area (Å²) in [6.45, 7) is 2.66. The van der Waals surface area contributed by atoms with E-state index in [-0.39, 0.29) is 41.9 Å². The highest BCUT2D eigenvalue weighted by Gasteiger charge is 2.34. The van der Waals surface area contributed by atoms with Gasteiger partial charge in [0.2, 0.25) is 0 Å². The minimum atomic E-state index is -4.19. The molecule has 2 N–H and O–H groups in total. The molecule has 5 nitrogen and oxygen atoms in total. The van der Waals surface area contributed by atoms with Crippen molar-refractivity contribution in [2.75, 3.05) is 39.8 Å². The number of nitrogens with one attached hydrogen (secondary N) is 2. The molecule has 1 fully saturated rings. The fourth-order valence-electron chi connectivity index (χ4n) is 3.03. The maximum atomic E-state index is 13.1. The number of alkyl halides is 3. The van der Waals surface area contributed by atoms with Crippen molar-refractivity contribution >= 4 is 29.9 Å². The van der Waals surface area contributed by atoms with Crippen LogP contribution in [0.1, 0.15) is 25.0 Å². The molecule has 1 aromatic rings. The minimum absolute atomic E-state index is 0. The highest BCUT2D eigenvalue weighted by Crippen LogP contribution is 2.20. The summed E-state index contributed by atoms with van der Waals surface area (Å²) in [5.41, 5.74) is 0.802. The van der Waals surface area contributed by atoms with Crippen LogP contribution < -0.4 is 10.6 Å². The van der Waals surface area contributed by atoms with E-state index in [1.54, 1.807) is 19.2 Å². The molecule has 28 heavy (non-hydrogen) atoms. The smallest absolute Gasteiger partial charge is 0.375 e. The maximum Gasteiger partial charge on any atom is 0.401 e. The normalized spacial score (nSPS) is 19.2. The minimum Gasteiger partial charge on any atom is -0.375 e. The molecule has 1 aromatic carbocycles. The van der Waals surface area contributed by atoms with Gasteiger partial charge in [0.1, 0.15) is 11.9 Å². The molecular weight excluding hydrogens is 491 g/mol. The third kappa shape index (κ3) is 8.48. The zero-order chi connectivity index (χ0) is 19.9. The van der Waals surface area contributed by atoms with E-state index in [1.165, 1.54) is 17.0 Å². The summed E-state index contributed by atoms with van der Waals surface area (Å²) >= 11 is 0. The van der Waals surface area contributed by atoms with Gasteiger partial charge in [-0.25, -0.2) is 4.39 Å². The first-order valence-corrected chi connectivity index (χ1v) is 8.93. The van der Waals surface area contributed by atoms with E-state index in [4.69, 9.17) is 4.74 Å². The van der Waals surface area contributed by atoms with Crippen LogP contribution in [0.25, 0.3) is 0 Å². The standard InChI is InChI=1S/C18H26F4N4O.HI/c1-3-23-17(25-15-8-9-26(11-15)12-18(20,21)22)24-10-16(27-2)13-4-6-14(19)7-5-13;/h4-7,15-16H,3,8-12H2,1-2H3,(H2,23,24,25);1H. The van der Waals surface area contributed by atoms with E-state index >= 15 is 0 Å². The summed E-state index contributed by atoms with van der Waals surface area (Å²) in [5.74, 6) is 0.206. The summed E-state index contributed by atoms with van der Waals surface area (Å²) in [6, 6.07) is 5.92. The van der Waals surface area contributed by atoms with Gasteiger partial charge in [0, 0.05) is 32.8 Å². The van der Waals surface area contributed by atoms with Crippen LogP contribution in [-0.2, 0) is 4.74 Å². The van der Waals surface area contributed by atoms with E-state index in [1.807, 2.05) is 6.92 Å². The lowest BCUT2D eigenvalue weighted by Crippen LogP contribution is -2.45. The molecule has 0 amide bonds. The van der Waals surface area contributed by atoms with Crippen molar-refractivity contribution in [1.29, 1.82) is 0 Å². The van der Waals surface area contributed by atoms with E-state index in [9.17, 15) is 17.6 Å². The Labute approximate surface area is 179 Å². The second kappa shape index (κ2) is 11.8. The first kappa shape index (κ1) is 24.9. The van der Waals surface area contributed by atoms with E-state index in [0.29, 0.717) is 38.6 Å². The molecule has 160 valence electrons. The zero-order valence-electron chi connectivity index (χ0n) is 15.9. The molecule has 0 aromatic heterocycles. The van der Waals surface area contributed by atoms with Crippen molar-refractivity contribution in [3.8, 4) is 0 Å². The molecule has 1 heterocycles. The highest BCUT2D eigenvalue weighted by atomic mass is 127. The lowest BCUT2D eigenvalue weighted by atomic mass is 10.1. The number of rotatable bonds is 7.